The number of likely N-dealkylation sites (tertiary alicyclic amines) is 1. The fourth-order valence-electron chi connectivity index (χ4n) is 4.17. The quantitative estimate of drug-likeness (QED) is 0.709. The first-order valence-corrected chi connectivity index (χ1v) is 10.2. The second kappa shape index (κ2) is 9.67. The van der Waals surface area contributed by atoms with Crippen LogP contribution in [0.4, 0.5) is 0 Å². The molecular weight excluding hydrogens is 308 g/mol. The third-order valence-electron chi connectivity index (χ3n) is 5.81. The maximum absolute atomic E-state index is 3.65. The van der Waals surface area contributed by atoms with Crippen molar-refractivity contribution < 1.29 is 0 Å². The van der Waals surface area contributed by atoms with Gasteiger partial charge in [-0.05, 0) is 63.7 Å². The maximum Gasteiger partial charge on any atom is 0.0353 e. The Morgan fingerprint density at radius 3 is 2.12 bits per heavy atom. The van der Waals surface area contributed by atoms with E-state index in [-0.39, 0.29) is 0 Å². The van der Waals surface area contributed by atoms with Gasteiger partial charge in [-0.2, -0.15) is 0 Å². The molecule has 2 N–H and O–H groups in total. The molecule has 2 unspecified atom stereocenters. The lowest BCUT2D eigenvalue weighted by molar-refractivity contribution is 0.0435. The Morgan fingerprint density at radius 2 is 1.48 bits per heavy atom. The zero-order valence-electron chi connectivity index (χ0n) is 16.1. The van der Waals surface area contributed by atoms with Gasteiger partial charge < -0.3 is 10.2 Å². The van der Waals surface area contributed by atoms with Crippen molar-refractivity contribution in [1.29, 1.82) is 0 Å². The number of piperidine rings is 1. The van der Waals surface area contributed by atoms with Gasteiger partial charge in [0.25, 0.3) is 0 Å². The highest BCUT2D eigenvalue weighted by Gasteiger charge is 2.23. The Kier molecular flexibility index (Phi) is 7.29. The van der Waals surface area contributed by atoms with Crippen LogP contribution >= 0.6 is 0 Å². The van der Waals surface area contributed by atoms with E-state index in [0.29, 0.717) is 12.1 Å². The Hall–Kier alpha value is -0.940. The summed E-state index contributed by atoms with van der Waals surface area (Å²) in [6.45, 7) is 11.4. The molecule has 0 aliphatic carbocycles. The third kappa shape index (κ3) is 5.78. The molecule has 1 aromatic carbocycles. The molecule has 0 aromatic heterocycles. The van der Waals surface area contributed by atoms with Crippen LogP contribution in [0.3, 0.4) is 0 Å². The number of nitrogens with zero attached hydrogens (tertiary/aromatic N) is 2. The summed E-state index contributed by atoms with van der Waals surface area (Å²) in [5, 5.41) is 6.03. The summed E-state index contributed by atoms with van der Waals surface area (Å²) in [5.74, 6) is 0. The smallest absolute Gasteiger partial charge is 0.0353 e. The summed E-state index contributed by atoms with van der Waals surface area (Å²) in [4.78, 5) is 2.56. The molecule has 2 heterocycles. The van der Waals surface area contributed by atoms with E-state index in [0.717, 1.165) is 19.6 Å². The molecule has 2 fully saturated rings. The van der Waals surface area contributed by atoms with Crippen molar-refractivity contribution in [3.63, 3.8) is 0 Å². The SMILES string of the molecule is CC1CCCC(C)N1NCc1ccc(CNCCN2CCCC2)cc1. The highest BCUT2D eigenvalue weighted by molar-refractivity contribution is 5.22. The van der Waals surface area contributed by atoms with Crippen LogP contribution in [0, 0.1) is 0 Å². The molecule has 4 heteroatoms. The van der Waals surface area contributed by atoms with Crippen LogP contribution in [-0.4, -0.2) is 48.2 Å². The van der Waals surface area contributed by atoms with E-state index in [1.165, 1.54) is 62.9 Å². The molecule has 0 amide bonds. The molecule has 140 valence electrons. The first-order chi connectivity index (χ1) is 12.2. The number of hydrazine groups is 1. The van der Waals surface area contributed by atoms with Gasteiger partial charge in [0.05, 0.1) is 0 Å². The van der Waals surface area contributed by atoms with Crippen LogP contribution in [0.15, 0.2) is 24.3 Å². The third-order valence-corrected chi connectivity index (χ3v) is 5.81. The normalized spacial score (nSPS) is 25.5. The molecule has 0 saturated carbocycles. The average molecular weight is 345 g/mol. The lowest BCUT2D eigenvalue weighted by Crippen LogP contribution is -2.51. The molecule has 0 radical (unpaired) electrons. The number of rotatable bonds is 8. The second-order valence-electron chi connectivity index (χ2n) is 7.91. The van der Waals surface area contributed by atoms with Crippen molar-refractivity contribution in [3.8, 4) is 0 Å². The minimum atomic E-state index is 0.642. The van der Waals surface area contributed by atoms with E-state index in [2.05, 4.69) is 58.8 Å². The summed E-state index contributed by atoms with van der Waals surface area (Å²) in [6.07, 6.45) is 6.73. The lowest BCUT2D eigenvalue weighted by Gasteiger charge is -2.39. The first-order valence-electron chi connectivity index (χ1n) is 10.2. The van der Waals surface area contributed by atoms with Crippen LogP contribution < -0.4 is 10.7 Å². The molecule has 2 saturated heterocycles. The molecular formula is C21H36N4. The van der Waals surface area contributed by atoms with Crippen LogP contribution in [0.2, 0.25) is 0 Å². The van der Waals surface area contributed by atoms with Crippen molar-refractivity contribution in [2.24, 2.45) is 0 Å². The van der Waals surface area contributed by atoms with Gasteiger partial charge in [0, 0.05) is 38.3 Å². The minimum Gasteiger partial charge on any atom is -0.311 e. The fourth-order valence-corrected chi connectivity index (χ4v) is 4.17. The molecule has 1 aromatic rings. The monoisotopic (exact) mass is 344 g/mol. The molecule has 0 spiro atoms. The molecule has 4 nitrogen and oxygen atoms in total. The van der Waals surface area contributed by atoms with E-state index in [9.17, 15) is 0 Å². The summed E-state index contributed by atoms with van der Waals surface area (Å²) in [5.41, 5.74) is 6.40. The topological polar surface area (TPSA) is 30.5 Å². The van der Waals surface area contributed by atoms with Gasteiger partial charge in [0.1, 0.15) is 0 Å². The predicted octanol–water partition coefficient (Wildman–Crippen LogP) is 3.14. The summed E-state index contributed by atoms with van der Waals surface area (Å²) >= 11 is 0. The highest BCUT2D eigenvalue weighted by Crippen LogP contribution is 2.20. The highest BCUT2D eigenvalue weighted by atomic mass is 15.5. The number of hydrogen-bond donors (Lipinski definition) is 2. The molecule has 2 aliphatic rings. The Labute approximate surface area is 153 Å². The van der Waals surface area contributed by atoms with Crippen LogP contribution in [0.25, 0.3) is 0 Å². The standard InChI is InChI=1S/C21H36N4/c1-18-6-5-7-19(2)25(18)23-17-21-10-8-20(9-11-21)16-22-12-15-24-13-3-4-14-24/h8-11,18-19,22-23H,3-7,12-17H2,1-2H3. The van der Waals surface area contributed by atoms with Gasteiger partial charge in [-0.1, -0.05) is 30.7 Å². The fraction of sp³-hybridized carbons (Fsp3) is 0.714. The van der Waals surface area contributed by atoms with Crippen molar-refractivity contribution in [2.75, 3.05) is 26.2 Å². The van der Waals surface area contributed by atoms with Gasteiger partial charge in [-0.3, -0.25) is 5.43 Å². The van der Waals surface area contributed by atoms with E-state index in [1.54, 1.807) is 0 Å². The summed E-state index contributed by atoms with van der Waals surface area (Å²) < 4.78 is 0. The van der Waals surface area contributed by atoms with E-state index < -0.39 is 0 Å². The van der Waals surface area contributed by atoms with Crippen molar-refractivity contribution >= 4 is 0 Å². The molecule has 3 rings (SSSR count). The Balaban J connectivity index is 1.36. The Bertz CT molecular complexity index is 485. The van der Waals surface area contributed by atoms with Crippen LogP contribution in [0.5, 0.6) is 0 Å². The van der Waals surface area contributed by atoms with Gasteiger partial charge in [0.2, 0.25) is 0 Å². The zero-order chi connectivity index (χ0) is 17.5. The van der Waals surface area contributed by atoms with Crippen molar-refractivity contribution in [2.45, 2.75) is 71.1 Å². The lowest BCUT2D eigenvalue weighted by atomic mass is 10.00. The van der Waals surface area contributed by atoms with Crippen molar-refractivity contribution in [3.05, 3.63) is 35.4 Å². The van der Waals surface area contributed by atoms with Gasteiger partial charge in [-0.25, -0.2) is 5.01 Å². The van der Waals surface area contributed by atoms with Crippen molar-refractivity contribution in [1.82, 2.24) is 20.7 Å². The minimum absolute atomic E-state index is 0.642. The number of nitrogens with one attached hydrogen (secondary N) is 2. The number of benzene rings is 1. The van der Waals surface area contributed by atoms with Gasteiger partial charge in [-0.15, -0.1) is 0 Å². The predicted molar refractivity (Wildman–Crippen MR) is 105 cm³/mol. The van der Waals surface area contributed by atoms with Gasteiger partial charge >= 0.3 is 0 Å². The molecule has 0 bridgehead atoms. The summed E-state index contributed by atoms with van der Waals surface area (Å²) in [6, 6.07) is 10.4. The Morgan fingerprint density at radius 1 is 0.880 bits per heavy atom. The van der Waals surface area contributed by atoms with Crippen LogP contribution in [-0.2, 0) is 13.1 Å². The first kappa shape index (κ1) is 18.8. The molecule has 2 atom stereocenters. The second-order valence-corrected chi connectivity index (χ2v) is 7.91. The van der Waals surface area contributed by atoms with Gasteiger partial charge in [0.15, 0.2) is 0 Å². The maximum atomic E-state index is 3.65. The van der Waals surface area contributed by atoms with E-state index in [4.69, 9.17) is 0 Å². The van der Waals surface area contributed by atoms with Crippen LogP contribution in [0.1, 0.15) is 57.1 Å². The van der Waals surface area contributed by atoms with E-state index >= 15 is 0 Å². The molecule has 2 aliphatic heterocycles. The summed E-state index contributed by atoms with van der Waals surface area (Å²) in [7, 11) is 0. The van der Waals surface area contributed by atoms with E-state index in [1.807, 2.05) is 0 Å². The molecule has 25 heavy (non-hydrogen) atoms. The number of hydrogen-bond acceptors (Lipinski definition) is 4. The largest absolute Gasteiger partial charge is 0.311 e. The average Bonchev–Trinajstić information content (AvgIpc) is 3.13. The zero-order valence-corrected chi connectivity index (χ0v) is 16.1.